The average molecular weight is 554 g/mol. The number of thiophene rings is 1. The zero-order chi connectivity index (χ0) is 20.7. The molecule has 1 aliphatic rings. The van der Waals surface area contributed by atoms with Gasteiger partial charge in [-0.25, -0.2) is 4.99 Å². The van der Waals surface area contributed by atoms with Crippen molar-refractivity contribution in [2.45, 2.75) is 38.7 Å². The number of halogens is 4. The molecule has 2 N–H and O–H groups in total. The Morgan fingerprint density at radius 1 is 1.20 bits per heavy atom. The van der Waals surface area contributed by atoms with Crippen LogP contribution in [-0.4, -0.2) is 38.0 Å². The smallest absolute Gasteiger partial charge is 0.405 e. The average Bonchev–Trinajstić information content (AvgIpc) is 3.21. The molecule has 0 amide bonds. The number of rotatable bonds is 6. The number of guanidine groups is 1. The van der Waals surface area contributed by atoms with E-state index in [1.807, 2.05) is 6.92 Å². The van der Waals surface area contributed by atoms with Gasteiger partial charge in [-0.15, -0.1) is 48.5 Å². The summed E-state index contributed by atoms with van der Waals surface area (Å²) in [6, 6.07) is 10.5. The lowest BCUT2D eigenvalue weighted by Gasteiger charge is -2.33. The molecule has 1 aromatic heterocycles. The predicted octanol–water partition coefficient (Wildman–Crippen LogP) is 4.99. The highest BCUT2D eigenvalue weighted by Crippen LogP contribution is 2.27. The van der Waals surface area contributed by atoms with Crippen LogP contribution < -0.4 is 20.3 Å². The fourth-order valence-corrected chi connectivity index (χ4v) is 4.02. The summed E-state index contributed by atoms with van der Waals surface area (Å²) in [5.41, 5.74) is 0.384. The molecule has 0 saturated carbocycles. The van der Waals surface area contributed by atoms with E-state index < -0.39 is 6.36 Å². The van der Waals surface area contributed by atoms with Crippen molar-refractivity contribution in [3.63, 3.8) is 0 Å². The number of anilines is 1. The molecule has 0 unspecified atom stereocenters. The SMILES string of the molecule is CCNC(=NCc1ccccc1OC(F)(F)F)NC1CCN(c2cccs2)CC1.I. The molecular formula is C20H26F3IN4OS. The van der Waals surface area contributed by atoms with Crippen LogP contribution in [0.5, 0.6) is 5.75 Å². The molecule has 2 heterocycles. The second kappa shape index (κ2) is 11.6. The summed E-state index contributed by atoms with van der Waals surface area (Å²) in [6.07, 6.45) is -2.79. The summed E-state index contributed by atoms with van der Waals surface area (Å²) in [5, 5.41) is 9.95. The van der Waals surface area contributed by atoms with Gasteiger partial charge in [0, 0.05) is 31.2 Å². The Labute approximate surface area is 195 Å². The van der Waals surface area contributed by atoms with Crippen LogP contribution in [0.4, 0.5) is 18.2 Å². The van der Waals surface area contributed by atoms with Gasteiger partial charge in [-0.05, 0) is 43.3 Å². The maximum Gasteiger partial charge on any atom is 0.573 e. The maximum atomic E-state index is 12.6. The number of nitrogens with zero attached hydrogens (tertiary/aromatic N) is 2. The third kappa shape index (κ3) is 7.53. The molecule has 1 aliphatic heterocycles. The number of aliphatic imine (C=N–C) groups is 1. The summed E-state index contributed by atoms with van der Waals surface area (Å²) in [7, 11) is 0. The van der Waals surface area contributed by atoms with Crippen LogP contribution in [0.3, 0.4) is 0 Å². The molecule has 0 atom stereocenters. The van der Waals surface area contributed by atoms with Crippen LogP contribution in [0.2, 0.25) is 0 Å². The summed E-state index contributed by atoms with van der Waals surface area (Å²) >= 11 is 1.74. The summed E-state index contributed by atoms with van der Waals surface area (Å²) in [6.45, 7) is 4.63. The number of piperidine rings is 1. The van der Waals surface area contributed by atoms with Gasteiger partial charge in [0.2, 0.25) is 0 Å². The molecule has 1 saturated heterocycles. The Balaban J connectivity index is 0.00000320. The Morgan fingerprint density at radius 2 is 1.93 bits per heavy atom. The number of nitrogens with one attached hydrogen (secondary N) is 2. The van der Waals surface area contributed by atoms with Gasteiger partial charge in [0.25, 0.3) is 0 Å². The van der Waals surface area contributed by atoms with E-state index >= 15 is 0 Å². The van der Waals surface area contributed by atoms with Gasteiger partial charge in [-0.2, -0.15) is 0 Å². The molecule has 5 nitrogen and oxygen atoms in total. The van der Waals surface area contributed by atoms with Gasteiger partial charge in [0.15, 0.2) is 5.96 Å². The number of ether oxygens (including phenoxy) is 1. The predicted molar refractivity (Wildman–Crippen MR) is 126 cm³/mol. The second-order valence-corrected chi connectivity index (χ2v) is 7.63. The molecule has 2 aromatic rings. The van der Waals surface area contributed by atoms with Crippen molar-refractivity contribution in [2.24, 2.45) is 4.99 Å². The van der Waals surface area contributed by atoms with Crippen molar-refractivity contribution >= 4 is 46.3 Å². The van der Waals surface area contributed by atoms with E-state index in [4.69, 9.17) is 0 Å². The first-order chi connectivity index (χ1) is 13.9. The third-order valence-corrected chi connectivity index (χ3v) is 5.53. The Hall–Kier alpha value is -1.69. The lowest BCUT2D eigenvalue weighted by Crippen LogP contribution is -2.48. The standard InChI is InChI=1S/C20H25F3N4OS.HI/c1-2-24-19(25-14-15-6-3-4-7-17(15)28-20(21,22)23)26-16-9-11-27(12-10-16)18-8-5-13-29-18;/h3-8,13,16H,2,9-12,14H2,1H3,(H2,24,25,26);1H. The molecule has 166 valence electrons. The molecule has 0 radical (unpaired) electrons. The number of hydrogen-bond donors (Lipinski definition) is 2. The fraction of sp³-hybridized carbons (Fsp3) is 0.450. The summed E-state index contributed by atoms with van der Waals surface area (Å²) in [4.78, 5) is 6.85. The summed E-state index contributed by atoms with van der Waals surface area (Å²) < 4.78 is 41.9. The van der Waals surface area contributed by atoms with Crippen LogP contribution >= 0.6 is 35.3 Å². The summed E-state index contributed by atoms with van der Waals surface area (Å²) in [5.74, 6) is 0.382. The van der Waals surface area contributed by atoms with Crippen LogP contribution in [-0.2, 0) is 6.54 Å². The molecule has 3 rings (SSSR count). The van der Waals surface area contributed by atoms with Crippen molar-refractivity contribution in [3.05, 3.63) is 47.3 Å². The topological polar surface area (TPSA) is 48.9 Å². The van der Waals surface area contributed by atoms with Gasteiger partial charge in [-0.1, -0.05) is 18.2 Å². The minimum absolute atomic E-state index is 0. The zero-order valence-electron chi connectivity index (χ0n) is 16.6. The van der Waals surface area contributed by atoms with Gasteiger partial charge in [0.05, 0.1) is 11.5 Å². The van der Waals surface area contributed by atoms with Crippen molar-refractivity contribution in [2.75, 3.05) is 24.5 Å². The number of benzene rings is 1. The Bertz CT molecular complexity index is 794. The van der Waals surface area contributed by atoms with Crippen LogP contribution in [0, 0.1) is 0 Å². The number of para-hydroxylation sites is 1. The lowest BCUT2D eigenvalue weighted by molar-refractivity contribution is -0.274. The van der Waals surface area contributed by atoms with Crippen molar-refractivity contribution in [1.29, 1.82) is 0 Å². The van der Waals surface area contributed by atoms with E-state index in [2.05, 4.69) is 42.8 Å². The van der Waals surface area contributed by atoms with E-state index in [1.54, 1.807) is 23.5 Å². The zero-order valence-corrected chi connectivity index (χ0v) is 19.8. The van der Waals surface area contributed by atoms with Gasteiger partial charge in [-0.3, -0.25) is 0 Å². The molecular weight excluding hydrogens is 528 g/mol. The molecule has 0 aliphatic carbocycles. The third-order valence-electron chi connectivity index (χ3n) is 4.60. The molecule has 30 heavy (non-hydrogen) atoms. The van der Waals surface area contributed by atoms with E-state index in [-0.39, 0.29) is 42.3 Å². The van der Waals surface area contributed by atoms with Crippen molar-refractivity contribution in [3.8, 4) is 5.75 Å². The van der Waals surface area contributed by atoms with Crippen LogP contribution in [0.1, 0.15) is 25.3 Å². The molecule has 0 spiro atoms. The van der Waals surface area contributed by atoms with Gasteiger partial charge >= 0.3 is 6.36 Å². The van der Waals surface area contributed by atoms with Crippen LogP contribution in [0.15, 0.2) is 46.8 Å². The highest BCUT2D eigenvalue weighted by Gasteiger charge is 2.32. The highest BCUT2D eigenvalue weighted by atomic mass is 127. The Morgan fingerprint density at radius 3 is 2.57 bits per heavy atom. The molecule has 1 fully saturated rings. The Kier molecular flexibility index (Phi) is 9.53. The highest BCUT2D eigenvalue weighted by molar-refractivity contribution is 14.0. The largest absolute Gasteiger partial charge is 0.573 e. The molecule has 0 bridgehead atoms. The second-order valence-electron chi connectivity index (χ2n) is 6.71. The van der Waals surface area contributed by atoms with Crippen LogP contribution in [0.25, 0.3) is 0 Å². The minimum atomic E-state index is -4.72. The van der Waals surface area contributed by atoms with E-state index in [9.17, 15) is 13.2 Å². The fourth-order valence-electron chi connectivity index (χ4n) is 3.23. The van der Waals surface area contributed by atoms with Gasteiger partial charge < -0.3 is 20.3 Å². The first kappa shape index (κ1) is 24.6. The van der Waals surface area contributed by atoms with Crippen molar-refractivity contribution in [1.82, 2.24) is 10.6 Å². The quantitative estimate of drug-likeness (QED) is 0.300. The number of hydrogen-bond acceptors (Lipinski definition) is 4. The molecule has 10 heteroatoms. The molecule has 1 aromatic carbocycles. The number of alkyl halides is 3. The first-order valence-electron chi connectivity index (χ1n) is 9.61. The monoisotopic (exact) mass is 554 g/mol. The van der Waals surface area contributed by atoms with E-state index in [0.717, 1.165) is 25.9 Å². The van der Waals surface area contributed by atoms with E-state index in [1.165, 1.54) is 17.1 Å². The first-order valence-corrected chi connectivity index (χ1v) is 10.5. The minimum Gasteiger partial charge on any atom is -0.405 e. The normalized spacial score (nSPS) is 15.5. The van der Waals surface area contributed by atoms with E-state index in [0.29, 0.717) is 18.1 Å². The maximum absolute atomic E-state index is 12.6. The van der Waals surface area contributed by atoms with Crippen molar-refractivity contribution < 1.29 is 17.9 Å². The lowest BCUT2D eigenvalue weighted by atomic mass is 10.1. The van der Waals surface area contributed by atoms with Gasteiger partial charge in [0.1, 0.15) is 5.75 Å².